The summed E-state index contributed by atoms with van der Waals surface area (Å²) in [6.07, 6.45) is 0. The van der Waals surface area contributed by atoms with E-state index in [0.29, 0.717) is 5.69 Å². The van der Waals surface area contributed by atoms with E-state index in [4.69, 9.17) is 5.11 Å². The normalized spacial score (nSPS) is 21.0. The number of hydrogen-bond donors (Lipinski definition) is 1. The summed E-state index contributed by atoms with van der Waals surface area (Å²) in [5.41, 5.74) is 2.20. The van der Waals surface area contributed by atoms with Crippen LogP contribution in [0.3, 0.4) is 0 Å². The summed E-state index contributed by atoms with van der Waals surface area (Å²) in [6, 6.07) is 3.50. The van der Waals surface area contributed by atoms with Crippen molar-refractivity contribution in [2.24, 2.45) is 0 Å². The topological polar surface area (TPSA) is 74.7 Å². The first kappa shape index (κ1) is 13.9. The highest BCUT2D eigenvalue weighted by Gasteiger charge is 2.36. The zero-order valence-electron chi connectivity index (χ0n) is 11.2. The quantitative estimate of drug-likeness (QED) is 0.887. The molecular formula is C13H17NO4S. The molecule has 0 bridgehead atoms. The van der Waals surface area contributed by atoms with E-state index in [0.717, 1.165) is 11.1 Å². The molecule has 104 valence electrons. The Kier molecular flexibility index (Phi) is 3.30. The molecule has 0 aliphatic carbocycles. The van der Waals surface area contributed by atoms with Gasteiger partial charge in [-0.3, -0.25) is 4.79 Å². The van der Waals surface area contributed by atoms with Gasteiger partial charge in [-0.1, -0.05) is 6.07 Å². The van der Waals surface area contributed by atoms with Gasteiger partial charge in [-0.25, -0.2) is 8.42 Å². The van der Waals surface area contributed by atoms with E-state index < -0.39 is 21.1 Å². The van der Waals surface area contributed by atoms with Crippen molar-refractivity contribution in [1.29, 1.82) is 0 Å². The number of fused-ring (bicyclic) bond motifs is 1. The highest BCUT2D eigenvalue weighted by molar-refractivity contribution is 7.92. The van der Waals surface area contributed by atoms with Crippen molar-refractivity contribution in [2.75, 3.05) is 18.0 Å². The van der Waals surface area contributed by atoms with Gasteiger partial charge in [0.15, 0.2) is 9.84 Å². The van der Waals surface area contributed by atoms with E-state index in [2.05, 4.69) is 0 Å². The average molecular weight is 283 g/mol. The van der Waals surface area contributed by atoms with Crippen LogP contribution in [0, 0.1) is 13.8 Å². The van der Waals surface area contributed by atoms with Crippen molar-refractivity contribution in [1.82, 2.24) is 0 Å². The number of aryl methyl sites for hydroxylation is 2. The van der Waals surface area contributed by atoms with Gasteiger partial charge in [0.1, 0.15) is 6.54 Å². The molecule has 0 amide bonds. The maximum Gasteiger partial charge on any atom is 0.323 e. The minimum atomic E-state index is -3.37. The smallest absolute Gasteiger partial charge is 0.323 e. The lowest BCUT2D eigenvalue weighted by Crippen LogP contribution is -2.43. The summed E-state index contributed by atoms with van der Waals surface area (Å²) in [4.78, 5) is 12.8. The number of anilines is 1. The summed E-state index contributed by atoms with van der Waals surface area (Å²) < 4.78 is 24.7. The monoisotopic (exact) mass is 283 g/mol. The zero-order valence-corrected chi connectivity index (χ0v) is 12.0. The van der Waals surface area contributed by atoms with E-state index in [-0.39, 0.29) is 18.0 Å². The lowest BCUT2D eigenvalue weighted by atomic mass is 10.1. The van der Waals surface area contributed by atoms with Gasteiger partial charge < -0.3 is 10.0 Å². The van der Waals surface area contributed by atoms with E-state index in [1.54, 1.807) is 17.9 Å². The highest BCUT2D eigenvalue weighted by atomic mass is 32.2. The zero-order chi connectivity index (χ0) is 14.4. The molecular weight excluding hydrogens is 266 g/mol. The predicted octanol–water partition coefficient (Wildman–Crippen LogP) is 1.37. The van der Waals surface area contributed by atoms with Crippen LogP contribution < -0.4 is 4.90 Å². The van der Waals surface area contributed by atoms with Gasteiger partial charge in [0.2, 0.25) is 0 Å². The lowest BCUT2D eigenvalue weighted by molar-refractivity contribution is -0.135. The Hall–Kier alpha value is -1.56. The van der Waals surface area contributed by atoms with Crippen molar-refractivity contribution < 1.29 is 18.3 Å². The molecule has 1 heterocycles. The first-order chi connectivity index (χ1) is 8.73. The third kappa shape index (κ3) is 2.32. The van der Waals surface area contributed by atoms with Crippen LogP contribution in [-0.4, -0.2) is 37.8 Å². The van der Waals surface area contributed by atoms with Crippen LogP contribution in [0.5, 0.6) is 0 Å². The maximum absolute atomic E-state index is 12.4. The largest absolute Gasteiger partial charge is 0.480 e. The van der Waals surface area contributed by atoms with Gasteiger partial charge in [0.25, 0.3) is 0 Å². The fourth-order valence-electron chi connectivity index (χ4n) is 2.57. The Balaban J connectivity index is 2.68. The average Bonchev–Trinajstić information content (AvgIpc) is 2.24. The standard InChI is InChI=1S/C13H17NO4S/c1-8-4-9(2)13-11(5-8)19(17,18)10(3)6-14(13)7-12(15)16/h4-5,10H,6-7H2,1-3H3,(H,15,16). The van der Waals surface area contributed by atoms with Gasteiger partial charge in [-0.2, -0.15) is 0 Å². The molecule has 0 spiro atoms. The molecule has 6 heteroatoms. The number of hydrogen-bond acceptors (Lipinski definition) is 4. The molecule has 1 aliphatic heterocycles. The molecule has 0 radical (unpaired) electrons. The van der Waals surface area contributed by atoms with Gasteiger partial charge in [0, 0.05) is 6.54 Å². The first-order valence-electron chi connectivity index (χ1n) is 6.05. The second kappa shape index (κ2) is 4.52. The molecule has 0 fully saturated rings. The fraction of sp³-hybridized carbons (Fsp3) is 0.462. The van der Waals surface area contributed by atoms with E-state index in [9.17, 15) is 13.2 Å². The number of carboxylic acid groups (broad SMARTS) is 1. The van der Waals surface area contributed by atoms with Crippen molar-refractivity contribution in [3.8, 4) is 0 Å². The second-order valence-electron chi connectivity index (χ2n) is 5.06. The number of rotatable bonds is 2. The predicted molar refractivity (Wildman–Crippen MR) is 72.4 cm³/mol. The van der Waals surface area contributed by atoms with Crippen molar-refractivity contribution in [2.45, 2.75) is 30.9 Å². The van der Waals surface area contributed by atoms with Crippen LogP contribution in [-0.2, 0) is 14.6 Å². The number of nitrogens with zero attached hydrogens (tertiary/aromatic N) is 1. The molecule has 2 rings (SSSR count). The van der Waals surface area contributed by atoms with Gasteiger partial charge in [0.05, 0.1) is 15.8 Å². The van der Waals surface area contributed by atoms with E-state index >= 15 is 0 Å². The molecule has 19 heavy (non-hydrogen) atoms. The van der Waals surface area contributed by atoms with Gasteiger partial charge in [-0.15, -0.1) is 0 Å². The Morgan fingerprint density at radius 1 is 1.42 bits per heavy atom. The molecule has 0 saturated carbocycles. The summed E-state index contributed by atoms with van der Waals surface area (Å²) in [6.45, 7) is 5.29. The molecule has 0 saturated heterocycles. The van der Waals surface area contributed by atoms with Crippen molar-refractivity contribution in [3.63, 3.8) is 0 Å². The molecule has 1 aromatic carbocycles. The number of aliphatic carboxylic acids is 1. The van der Waals surface area contributed by atoms with Gasteiger partial charge in [-0.05, 0) is 38.0 Å². The van der Waals surface area contributed by atoms with Crippen molar-refractivity contribution >= 4 is 21.5 Å². The Morgan fingerprint density at radius 2 is 2.05 bits per heavy atom. The minimum Gasteiger partial charge on any atom is -0.480 e. The number of benzene rings is 1. The lowest BCUT2D eigenvalue weighted by Gasteiger charge is -2.34. The van der Waals surface area contributed by atoms with Crippen LogP contribution in [0.4, 0.5) is 5.69 Å². The van der Waals surface area contributed by atoms with Crippen LogP contribution >= 0.6 is 0 Å². The molecule has 0 aromatic heterocycles. The third-order valence-electron chi connectivity index (χ3n) is 3.37. The molecule has 1 aliphatic rings. The van der Waals surface area contributed by atoms with E-state index in [1.807, 2.05) is 19.9 Å². The molecule has 1 atom stereocenters. The highest BCUT2D eigenvalue weighted by Crippen LogP contribution is 2.37. The fourth-order valence-corrected chi connectivity index (χ4v) is 4.29. The summed E-state index contributed by atoms with van der Waals surface area (Å²) in [7, 11) is -3.37. The van der Waals surface area contributed by atoms with Gasteiger partial charge >= 0.3 is 5.97 Å². The maximum atomic E-state index is 12.4. The minimum absolute atomic E-state index is 0.184. The summed E-state index contributed by atoms with van der Waals surface area (Å²) in [5, 5.41) is 8.37. The Bertz CT molecular complexity index is 636. The number of carboxylic acids is 1. The SMILES string of the molecule is Cc1cc(C)c2c(c1)S(=O)(=O)C(C)CN2CC(=O)O. The summed E-state index contributed by atoms with van der Waals surface area (Å²) in [5.74, 6) is -0.961. The molecule has 1 N–H and O–H groups in total. The van der Waals surface area contributed by atoms with Crippen LogP contribution in [0.1, 0.15) is 18.1 Å². The van der Waals surface area contributed by atoms with Crippen LogP contribution in [0.25, 0.3) is 0 Å². The van der Waals surface area contributed by atoms with E-state index in [1.165, 1.54) is 0 Å². The third-order valence-corrected chi connectivity index (χ3v) is 5.50. The first-order valence-corrected chi connectivity index (χ1v) is 7.60. The second-order valence-corrected chi connectivity index (χ2v) is 7.39. The molecule has 1 aromatic rings. The molecule has 1 unspecified atom stereocenters. The Labute approximate surface area is 112 Å². The van der Waals surface area contributed by atoms with Crippen LogP contribution in [0.15, 0.2) is 17.0 Å². The number of sulfone groups is 1. The Morgan fingerprint density at radius 3 is 2.63 bits per heavy atom. The summed E-state index contributed by atoms with van der Waals surface area (Å²) >= 11 is 0. The van der Waals surface area contributed by atoms with Crippen LogP contribution in [0.2, 0.25) is 0 Å². The number of carbonyl (C=O) groups is 1. The molecule has 5 nitrogen and oxygen atoms in total. The van der Waals surface area contributed by atoms with Crippen molar-refractivity contribution in [3.05, 3.63) is 23.3 Å².